The van der Waals surface area contributed by atoms with Crippen molar-refractivity contribution in [2.45, 2.75) is 19.8 Å². The molecular weight excluding hydrogens is 484 g/mol. The quantitative estimate of drug-likeness (QED) is 0.196. The van der Waals surface area contributed by atoms with E-state index >= 15 is 0 Å². The lowest BCUT2D eigenvalue weighted by atomic mass is 10.1. The molecule has 0 bridgehead atoms. The second kappa shape index (κ2) is 10.6. The van der Waals surface area contributed by atoms with Crippen LogP contribution in [0.3, 0.4) is 0 Å². The van der Waals surface area contributed by atoms with Gasteiger partial charge in [0.1, 0.15) is 24.2 Å². The van der Waals surface area contributed by atoms with Crippen LogP contribution in [0.4, 0.5) is 21.9 Å². The Hall–Kier alpha value is -4.93. The number of nitrogens with zero attached hydrogens (tertiary/aromatic N) is 6. The molecule has 4 aromatic rings. The van der Waals surface area contributed by atoms with E-state index in [1.807, 2.05) is 37.1 Å². The zero-order valence-electron chi connectivity index (χ0n) is 21.2. The molecule has 1 saturated carbocycles. The van der Waals surface area contributed by atoms with E-state index in [0.717, 1.165) is 24.1 Å². The molecule has 0 atom stereocenters. The predicted octanol–water partition coefficient (Wildman–Crippen LogP) is 4.79. The average molecular weight is 513 g/mol. The van der Waals surface area contributed by atoms with Gasteiger partial charge in [0.15, 0.2) is 5.65 Å². The number of amides is 1. The van der Waals surface area contributed by atoms with Crippen molar-refractivity contribution in [2.24, 2.45) is 10.9 Å². The van der Waals surface area contributed by atoms with Gasteiger partial charge in [0.25, 0.3) is 0 Å². The summed E-state index contributed by atoms with van der Waals surface area (Å²) in [7, 11) is 1.88. The zero-order chi connectivity index (χ0) is 26.6. The monoisotopic (exact) mass is 512 g/mol. The number of carbonyl (C=O) groups is 1. The largest absolute Gasteiger partial charge is 0.449 e. The van der Waals surface area contributed by atoms with Crippen molar-refractivity contribution in [1.82, 2.24) is 19.6 Å². The van der Waals surface area contributed by atoms with Gasteiger partial charge in [-0.3, -0.25) is 9.72 Å². The molecular formula is C27H28N8O3. The number of amidine groups is 1. The van der Waals surface area contributed by atoms with Gasteiger partial charge in [0.2, 0.25) is 5.88 Å². The lowest BCUT2D eigenvalue weighted by Crippen LogP contribution is -2.28. The van der Waals surface area contributed by atoms with E-state index in [4.69, 9.17) is 15.2 Å². The fraction of sp³-hybridized carbons (Fsp3) is 0.222. The smallest absolute Gasteiger partial charge is 0.411 e. The van der Waals surface area contributed by atoms with E-state index in [1.54, 1.807) is 41.3 Å². The lowest BCUT2D eigenvalue weighted by Gasteiger charge is -2.24. The summed E-state index contributed by atoms with van der Waals surface area (Å²) in [4.78, 5) is 22.9. The molecule has 38 heavy (non-hydrogen) atoms. The Bertz CT molecular complexity index is 1530. The molecule has 2 aromatic carbocycles. The van der Waals surface area contributed by atoms with Crippen LogP contribution < -0.4 is 20.7 Å². The highest BCUT2D eigenvalue weighted by atomic mass is 16.5. The van der Waals surface area contributed by atoms with Gasteiger partial charge in [-0.05, 0) is 67.6 Å². The topological polar surface area (TPSA) is 132 Å². The number of ether oxygens (including phenoxy) is 2. The highest BCUT2D eigenvalue weighted by Gasteiger charge is 2.23. The standard InChI is InChI=1S/C27H28N8O3/c1-4-29-26(21-12-19(7-9-22(21)28)32-27(36)37-14-18-5-6-18)34(3)20-8-10-23(17(2)11-20)38-25-13-24-33-31-16-35(24)15-30-25/h4,7-13,15-16,18H,1,5-6,14,28H2,2-3H3,(H,32,36). The number of carbonyl (C=O) groups excluding carboxylic acids is 1. The van der Waals surface area contributed by atoms with E-state index in [9.17, 15) is 4.79 Å². The van der Waals surface area contributed by atoms with Crippen LogP contribution in [0.5, 0.6) is 11.6 Å². The summed E-state index contributed by atoms with van der Waals surface area (Å²) in [5, 5.41) is 10.6. The van der Waals surface area contributed by atoms with E-state index in [1.165, 1.54) is 6.20 Å². The second-order valence-corrected chi connectivity index (χ2v) is 9.04. The number of aliphatic imine (C=N–C) groups is 1. The fourth-order valence-corrected chi connectivity index (χ4v) is 3.84. The fourth-order valence-electron chi connectivity index (χ4n) is 3.84. The molecule has 11 nitrogen and oxygen atoms in total. The first-order valence-corrected chi connectivity index (χ1v) is 12.1. The normalized spacial score (nSPS) is 13.3. The SMILES string of the molecule is C=CN=C(c1cc(NC(=O)OCC2CC2)ccc1N)N(C)c1ccc(Oc2cc3nncn3cn2)c(C)c1. The van der Waals surface area contributed by atoms with E-state index in [0.29, 0.717) is 52.6 Å². The maximum Gasteiger partial charge on any atom is 0.411 e. The van der Waals surface area contributed by atoms with E-state index < -0.39 is 6.09 Å². The molecule has 1 fully saturated rings. The molecule has 0 spiro atoms. The van der Waals surface area contributed by atoms with Crippen LogP contribution in [0.25, 0.3) is 5.65 Å². The Labute approximate surface area is 219 Å². The van der Waals surface area contributed by atoms with Crippen molar-refractivity contribution in [3.63, 3.8) is 0 Å². The maximum absolute atomic E-state index is 12.2. The van der Waals surface area contributed by atoms with Crippen molar-refractivity contribution >= 4 is 34.6 Å². The van der Waals surface area contributed by atoms with Gasteiger partial charge in [-0.25, -0.2) is 14.8 Å². The number of aryl methyl sites for hydroxylation is 1. The predicted molar refractivity (Wildman–Crippen MR) is 146 cm³/mol. The third-order valence-corrected chi connectivity index (χ3v) is 6.14. The summed E-state index contributed by atoms with van der Waals surface area (Å²) < 4.78 is 13.0. The van der Waals surface area contributed by atoms with Crippen molar-refractivity contribution in [3.8, 4) is 11.6 Å². The summed E-state index contributed by atoms with van der Waals surface area (Å²) in [5.41, 5.74) is 10.4. The molecule has 0 radical (unpaired) electrons. The zero-order valence-corrected chi connectivity index (χ0v) is 21.2. The van der Waals surface area contributed by atoms with E-state index in [-0.39, 0.29) is 0 Å². The number of rotatable bonds is 8. The van der Waals surface area contributed by atoms with Crippen molar-refractivity contribution in [2.75, 3.05) is 29.6 Å². The van der Waals surface area contributed by atoms with Gasteiger partial charge < -0.3 is 20.1 Å². The van der Waals surface area contributed by atoms with Gasteiger partial charge in [-0.2, -0.15) is 0 Å². The molecule has 5 rings (SSSR count). The minimum absolute atomic E-state index is 0.413. The van der Waals surface area contributed by atoms with Crippen LogP contribution in [0.1, 0.15) is 24.0 Å². The van der Waals surface area contributed by atoms with Crippen LogP contribution in [0.2, 0.25) is 0 Å². The molecule has 194 valence electrons. The van der Waals surface area contributed by atoms with Crippen molar-refractivity contribution < 1.29 is 14.3 Å². The van der Waals surface area contributed by atoms with Crippen LogP contribution in [-0.4, -0.2) is 45.2 Å². The molecule has 1 amide bonds. The molecule has 2 heterocycles. The summed E-state index contributed by atoms with van der Waals surface area (Å²) in [5.74, 6) is 2.10. The number of anilines is 3. The summed E-state index contributed by atoms with van der Waals surface area (Å²) in [6, 6.07) is 12.7. The first kappa shape index (κ1) is 24.8. The molecule has 0 saturated heterocycles. The number of benzene rings is 2. The first-order chi connectivity index (χ1) is 18.4. The van der Waals surface area contributed by atoms with Gasteiger partial charge in [0.05, 0.1) is 6.61 Å². The molecule has 1 aliphatic carbocycles. The summed E-state index contributed by atoms with van der Waals surface area (Å²) in [6.07, 6.45) is 6.34. The molecule has 11 heteroatoms. The number of hydrogen-bond acceptors (Lipinski definition) is 8. The molecule has 0 aliphatic heterocycles. The van der Waals surface area contributed by atoms with Gasteiger partial charge in [0, 0.05) is 41.9 Å². The first-order valence-electron chi connectivity index (χ1n) is 12.1. The van der Waals surface area contributed by atoms with Crippen LogP contribution in [0.15, 0.2) is 72.9 Å². The van der Waals surface area contributed by atoms with Crippen molar-refractivity contribution in [3.05, 3.63) is 79.0 Å². The van der Waals surface area contributed by atoms with Gasteiger partial charge in [-0.15, -0.1) is 10.2 Å². The second-order valence-electron chi connectivity index (χ2n) is 9.04. The Kier molecular flexibility index (Phi) is 6.90. The maximum atomic E-state index is 12.2. The number of nitrogens with two attached hydrogens (primary N) is 1. The minimum Gasteiger partial charge on any atom is -0.449 e. The van der Waals surface area contributed by atoms with Crippen LogP contribution in [-0.2, 0) is 4.74 Å². The third kappa shape index (κ3) is 5.56. The minimum atomic E-state index is -0.493. The lowest BCUT2D eigenvalue weighted by molar-refractivity contribution is 0.156. The van der Waals surface area contributed by atoms with Crippen LogP contribution >= 0.6 is 0 Å². The Morgan fingerprint density at radius 3 is 2.87 bits per heavy atom. The Morgan fingerprint density at radius 2 is 2.11 bits per heavy atom. The number of nitrogen functional groups attached to an aromatic ring is 1. The number of aromatic nitrogens is 4. The van der Waals surface area contributed by atoms with Crippen molar-refractivity contribution in [1.29, 1.82) is 0 Å². The Morgan fingerprint density at radius 1 is 1.26 bits per heavy atom. The van der Waals surface area contributed by atoms with Crippen LogP contribution in [0, 0.1) is 12.8 Å². The highest BCUT2D eigenvalue weighted by molar-refractivity contribution is 6.13. The molecule has 3 N–H and O–H groups in total. The number of nitrogens with one attached hydrogen (secondary N) is 1. The molecule has 2 aromatic heterocycles. The van der Waals surface area contributed by atoms with Gasteiger partial charge >= 0.3 is 6.09 Å². The van der Waals surface area contributed by atoms with Gasteiger partial charge in [-0.1, -0.05) is 6.58 Å². The summed E-state index contributed by atoms with van der Waals surface area (Å²) in [6.45, 7) is 6.14. The van der Waals surface area contributed by atoms with E-state index in [2.05, 4.69) is 32.1 Å². The number of hydrogen-bond donors (Lipinski definition) is 2. The molecule has 1 aliphatic rings. The molecule has 0 unspecified atom stereocenters. The number of fused-ring (bicyclic) bond motifs is 1. The Balaban J connectivity index is 1.35. The summed E-state index contributed by atoms with van der Waals surface area (Å²) >= 11 is 0. The third-order valence-electron chi connectivity index (χ3n) is 6.14. The average Bonchev–Trinajstić information content (AvgIpc) is 3.63. The highest BCUT2D eigenvalue weighted by Crippen LogP contribution is 2.30.